The van der Waals surface area contributed by atoms with Gasteiger partial charge in [0.1, 0.15) is 5.75 Å². The molecule has 0 aliphatic carbocycles. The summed E-state index contributed by atoms with van der Waals surface area (Å²) in [5.74, 6) is 0.954. The van der Waals surface area contributed by atoms with Crippen molar-refractivity contribution in [2.24, 2.45) is 0 Å². The van der Waals surface area contributed by atoms with Crippen LogP contribution in [-0.4, -0.2) is 32.6 Å². The monoisotopic (exact) mass is 319 g/mol. The van der Waals surface area contributed by atoms with E-state index < -0.39 is 0 Å². The molecule has 0 bridgehead atoms. The Balaban J connectivity index is 2.59. The molecule has 84 valence electrons. The number of benzene rings is 1. The van der Waals surface area contributed by atoms with Crippen LogP contribution in [0.15, 0.2) is 18.2 Å². The van der Waals surface area contributed by atoms with Gasteiger partial charge in [-0.25, -0.2) is 0 Å². The van der Waals surface area contributed by atoms with Gasteiger partial charge in [-0.1, -0.05) is 0 Å². The van der Waals surface area contributed by atoms with E-state index in [-0.39, 0.29) is 0 Å². The summed E-state index contributed by atoms with van der Waals surface area (Å²) in [5.41, 5.74) is 1.39. The molecule has 0 fully saturated rings. The first-order valence-corrected chi connectivity index (χ1v) is 6.18. The number of nitrogens with zero attached hydrogens (tertiary/aromatic N) is 1. The molecule has 0 aromatic heterocycles. The molecule has 0 spiro atoms. The summed E-state index contributed by atoms with van der Waals surface area (Å²) in [6.45, 7) is 1.13. The van der Waals surface area contributed by atoms with E-state index in [0.717, 1.165) is 18.7 Å². The van der Waals surface area contributed by atoms with Gasteiger partial charge in [0, 0.05) is 3.57 Å². The minimum absolute atomic E-state index is 0.954. The third-order valence-corrected chi connectivity index (χ3v) is 3.36. The maximum absolute atomic E-state index is 5.22. The van der Waals surface area contributed by atoms with Crippen molar-refractivity contribution in [1.82, 2.24) is 4.90 Å². The predicted molar refractivity (Wildman–Crippen MR) is 72.6 cm³/mol. The second kappa shape index (κ2) is 6.33. The standard InChI is InChI=1S/C12H18INO/c1-14(2)8-4-5-10-9-11(15-3)6-7-12(10)13/h6-7,9H,4-5,8H2,1-3H3. The van der Waals surface area contributed by atoms with Crippen molar-refractivity contribution in [3.05, 3.63) is 27.3 Å². The van der Waals surface area contributed by atoms with Gasteiger partial charge in [-0.05, 0) is 79.8 Å². The Hall–Kier alpha value is -0.290. The summed E-state index contributed by atoms with van der Waals surface area (Å²) in [6.07, 6.45) is 2.31. The van der Waals surface area contributed by atoms with Crippen LogP contribution < -0.4 is 4.74 Å². The van der Waals surface area contributed by atoms with Crippen molar-refractivity contribution in [2.75, 3.05) is 27.7 Å². The third-order valence-electron chi connectivity index (χ3n) is 2.30. The van der Waals surface area contributed by atoms with E-state index in [1.807, 2.05) is 6.07 Å². The number of rotatable bonds is 5. The summed E-state index contributed by atoms with van der Waals surface area (Å²) in [5, 5.41) is 0. The van der Waals surface area contributed by atoms with Crippen molar-refractivity contribution in [3.63, 3.8) is 0 Å². The number of ether oxygens (including phenoxy) is 1. The van der Waals surface area contributed by atoms with Crippen LogP contribution in [-0.2, 0) is 6.42 Å². The van der Waals surface area contributed by atoms with Crippen LogP contribution in [0.1, 0.15) is 12.0 Å². The molecule has 0 atom stereocenters. The molecule has 0 amide bonds. The van der Waals surface area contributed by atoms with E-state index in [9.17, 15) is 0 Å². The molecule has 0 N–H and O–H groups in total. The predicted octanol–water partition coefficient (Wildman–Crippen LogP) is 2.79. The molecule has 3 heteroatoms. The largest absolute Gasteiger partial charge is 0.497 e. The zero-order valence-corrected chi connectivity index (χ0v) is 11.7. The quantitative estimate of drug-likeness (QED) is 0.774. The Morgan fingerprint density at radius 3 is 2.67 bits per heavy atom. The Bertz CT molecular complexity index is 312. The molecule has 2 nitrogen and oxygen atoms in total. The van der Waals surface area contributed by atoms with Gasteiger partial charge in [-0.2, -0.15) is 0 Å². The number of hydrogen-bond donors (Lipinski definition) is 0. The van der Waals surface area contributed by atoms with Crippen LogP contribution in [0.2, 0.25) is 0 Å². The highest BCUT2D eigenvalue weighted by Crippen LogP contribution is 2.20. The summed E-state index contributed by atoms with van der Waals surface area (Å²) in [6, 6.07) is 6.26. The highest BCUT2D eigenvalue weighted by Gasteiger charge is 2.02. The fourth-order valence-corrected chi connectivity index (χ4v) is 2.06. The van der Waals surface area contributed by atoms with Crippen LogP contribution in [0.5, 0.6) is 5.75 Å². The fraction of sp³-hybridized carbons (Fsp3) is 0.500. The lowest BCUT2D eigenvalue weighted by Crippen LogP contribution is -2.13. The molecule has 0 saturated carbocycles. The number of halogens is 1. The van der Waals surface area contributed by atoms with Crippen LogP contribution in [0.25, 0.3) is 0 Å². The van der Waals surface area contributed by atoms with E-state index >= 15 is 0 Å². The van der Waals surface area contributed by atoms with Gasteiger partial charge >= 0.3 is 0 Å². The highest BCUT2D eigenvalue weighted by atomic mass is 127. The molecule has 0 aliphatic heterocycles. The third kappa shape index (κ3) is 4.38. The summed E-state index contributed by atoms with van der Waals surface area (Å²) >= 11 is 2.38. The van der Waals surface area contributed by atoms with E-state index in [0.29, 0.717) is 0 Å². The zero-order valence-electron chi connectivity index (χ0n) is 9.59. The summed E-state index contributed by atoms with van der Waals surface area (Å²) in [4.78, 5) is 2.22. The molecule has 0 radical (unpaired) electrons. The lowest BCUT2D eigenvalue weighted by molar-refractivity contribution is 0.399. The van der Waals surface area contributed by atoms with Gasteiger partial charge in [0.25, 0.3) is 0 Å². The van der Waals surface area contributed by atoms with E-state index in [4.69, 9.17) is 4.74 Å². The Kier molecular flexibility index (Phi) is 5.39. The minimum atomic E-state index is 0.954. The summed E-state index contributed by atoms with van der Waals surface area (Å²) < 4.78 is 6.55. The normalized spacial score (nSPS) is 10.7. The van der Waals surface area contributed by atoms with Gasteiger partial charge in [-0.15, -0.1) is 0 Å². The van der Waals surface area contributed by atoms with Crippen molar-refractivity contribution >= 4 is 22.6 Å². The topological polar surface area (TPSA) is 12.5 Å². The molecule has 1 rings (SSSR count). The second-order valence-electron chi connectivity index (χ2n) is 3.86. The minimum Gasteiger partial charge on any atom is -0.497 e. The van der Waals surface area contributed by atoms with Gasteiger partial charge < -0.3 is 9.64 Å². The molecule has 0 heterocycles. The molecule has 1 aromatic rings. The molecule has 15 heavy (non-hydrogen) atoms. The van der Waals surface area contributed by atoms with E-state index in [1.54, 1.807) is 7.11 Å². The van der Waals surface area contributed by atoms with Gasteiger partial charge in [0.05, 0.1) is 7.11 Å². The zero-order chi connectivity index (χ0) is 11.3. The van der Waals surface area contributed by atoms with E-state index in [2.05, 4.69) is 53.7 Å². The Labute approximate surface area is 106 Å². The first-order chi connectivity index (χ1) is 7.13. The fourth-order valence-electron chi connectivity index (χ4n) is 1.46. The summed E-state index contributed by atoms with van der Waals surface area (Å²) in [7, 11) is 5.93. The molecular weight excluding hydrogens is 301 g/mol. The molecule has 0 unspecified atom stereocenters. The van der Waals surface area contributed by atoms with Gasteiger partial charge in [0.15, 0.2) is 0 Å². The number of hydrogen-bond acceptors (Lipinski definition) is 2. The molecule has 1 aromatic carbocycles. The number of aryl methyl sites for hydroxylation is 1. The average molecular weight is 319 g/mol. The molecule has 0 aliphatic rings. The lowest BCUT2D eigenvalue weighted by atomic mass is 10.1. The Morgan fingerprint density at radius 1 is 1.33 bits per heavy atom. The van der Waals surface area contributed by atoms with Gasteiger partial charge in [-0.3, -0.25) is 0 Å². The lowest BCUT2D eigenvalue weighted by Gasteiger charge is -2.10. The smallest absolute Gasteiger partial charge is 0.119 e. The molecule has 0 saturated heterocycles. The van der Waals surface area contributed by atoms with Crippen molar-refractivity contribution in [3.8, 4) is 5.75 Å². The van der Waals surface area contributed by atoms with Crippen molar-refractivity contribution in [1.29, 1.82) is 0 Å². The maximum Gasteiger partial charge on any atom is 0.119 e. The second-order valence-corrected chi connectivity index (χ2v) is 5.03. The SMILES string of the molecule is COc1ccc(I)c(CCCN(C)C)c1. The first kappa shape index (κ1) is 12.8. The van der Waals surface area contributed by atoms with Gasteiger partial charge in [0.2, 0.25) is 0 Å². The Morgan fingerprint density at radius 2 is 2.07 bits per heavy atom. The van der Waals surface area contributed by atoms with Crippen LogP contribution in [0.3, 0.4) is 0 Å². The van der Waals surface area contributed by atoms with Crippen LogP contribution in [0.4, 0.5) is 0 Å². The number of methoxy groups -OCH3 is 1. The first-order valence-electron chi connectivity index (χ1n) is 5.10. The average Bonchev–Trinajstić information content (AvgIpc) is 2.20. The van der Waals surface area contributed by atoms with E-state index in [1.165, 1.54) is 15.6 Å². The van der Waals surface area contributed by atoms with Crippen LogP contribution in [0, 0.1) is 3.57 Å². The molecular formula is C12H18INO. The maximum atomic E-state index is 5.22. The highest BCUT2D eigenvalue weighted by molar-refractivity contribution is 14.1. The van der Waals surface area contributed by atoms with Crippen molar-refractivity contribution in [2.45, 2.75) is 12.8 Å². The van der Waals surface area contributed by atoms with Crippen molar-refractivity contribution < 1.29 is 4.74 Å². The van der Waals surface area contributed by atoms with Crippen LogP contribution >= 0.6 is 22.6 Å².